The lowest BCUT2D eigenvalue weighted by atomic mass is 10.0. The van der Waals surface area contributed by atoms with E-state index in [4.69, 9.17) is 4.74 Å². The molecule has 0 fully saturated rings. The van der Waals surface area contributed by atoms with Crippen molar-refractivity contribution in [3.63, 3.8) is 0 Å². The zero-order valence-electron chi connectivity index (χ0n) is 12.4. The highest BCUT2D eigenvalue weighted by Crippen LogP contribution is 2.10. The summed E-state index contributed by atoms with van der Waals surface area (Å²) in [5.41, 5.74) is 0.657. The SMILES string of the molecule is CC(C)(C)OC(=O)N[C@@H](CC=O)CCc1ccccc1. The Hall–Kier alpha value is -1.84. The summed E-state index contributed by atoms with van der Waals surface area (Å²) in [5, 5.41) is 2.75. The molecule has 0 aliphatic heterocycles. The normalized spacial score (nSPS) is 12.6. The fourth-order valence-corrected chi connectivity index (χ4v) is 1.82. The Balaban J connectivity index is 2.48. The number of hydrogen-bond donors (Lipinski definition) is 1. The van der Waals surface area contributed by atoms with Crippen molar-refractivity contribution in [2.75, 3.05) is 0 Å². The fraction of sp³-hybridized carbons (Fsp3) is 0.500. The number of aldehydes is 1. The zero-order valence-corrected chi connectivity index (χ0v) is 12.4. The van der Waals surface area contributed by atoms with Crippen LogP contribution in [0.2, 0.25) is 0 Å². The average molecular weight is 277 g/mol. The lowest BCUT2D eigenvalue weighted by molar-refractivity contribution is -0.108. The van der Waals surface area contributed by atoms with Crippen molar-refractivity contribution in [3.05, 3.63) is 35.9 Å². The number of nitrogens with one attached hydrogen (secondary N) is 1. The van der Waals surface area contributed by atoms with Gasteiger partial charge in [0.25, 0.3) is 0 Å². The lowest BCUT2D eigenvalue weighted by Gasteiger charge is -2.22. The predicted octanol–water partition coefficient (Wildman–Crippen LogP) is 3.10. The number of ether oxygens (including phenoxy) is 1. The molecule has 0 heterocycles. The Kier molecular flexibility index (Phi) is 6.22. The highest BCUT2D eigenvalue weighted by Gasteiger charge is 2.19. The molecule has 1 amide bonds. The van der Waals surface area contributed by atoms with Gasteiger partial charge in [0, 0.05) is 12.5 Å². The van der Waals surface area contributed by atoms with Crippen LogP contribution >= 0.6 is 0 Å². The molecule has 1 aromatic rings. The summed E-state index contributed by atoms with van der Waals surface area (Å²) in [6.07, 6.45) is 2.17. The molecule has 0 spiro atoms. The standard InChI is InChI=1S/C16H23NO3/c1-16(2,3)20-15(19)17-14(11-12-18)10-9-13-7-5-4-6-8-13/h4-8,12,14H,9-11H2,1-3H3,(H,17,19)/t14-/m1/s1. The summed E-state index contributed by atoms with van der Waals surface area (Å²) in [7, 11) is 0. The second-order valence-electron chi connectivity index (χ2n) is 5.77. The van der Waals surface area contributed by atoms with Crippen LogP contribution in [0.5, 0.6) is 0 Å². The summed E-state index contributed by atoms with van der Waals surface area (Å²) in [4.78, 5) is 22.4. The van der Waals surface area contributed by atoms with Gasteiger partial charge in [0.2, 0.25) is 0 Å². The van der Waals surface area contributed by atoms with Gasteiger partial charge in [-0.05, 0) is 39.2 Å². The first kappa shape index (κ1) is 16.2. The Morgan fingerprint density at radius 3 is 2.50 bits per heavy atom. The molecule has 4 nitrogen and oxygen atoms in total. The molecule has 0 unspecified atom stereocenters. The number of alkyl carbamates (subject to hydrolysis) is 1. The summed E-state index contributed by atoms with van der Waals surface area (Å²) in [6.45, 7) is 5.43. The van der Waals surface area contributed by atoms with Crippen molar-refractivity contribution < 1.29 is 14.3 Å². The van der Waals surface area contributed by atoms with Gasteiger partial charge in [-0.3, -0.25) is 0 Å². The largest absolute Gasteiger partial charge is 0.444 e. The first-order chi connectivity index (χ1) is 9.40. The number of rotatable bonds is 6. The molecular weight excluding hydrogens is 254 g/mol. The van der Waals surface area contributed by atoms with E-state index in [0.29, 0.717) is 12.8 Å². The monoisotopic (exact) mass is 277 g/mol. The van der Waals surface area contributed by atoms with Crippen molar-refractivity contribution >= 4 is 12.4 Å². The Morgan fingerprint density at radius 1 is 1.30 bits per heavy atom. The molecule has 0 saturated carbocycles. The molecule has 4 heteroatoms. The van der Waals surface area contributed by atoms with E-state index in [0.717, 1.165) is 12.7 Å². The first-order valence-corrected chi connectivity index (χ1v) is 6.88. The van der Waals surface area contributed by atoms with Crippen LogP contribution in [0.15, 0.2) is 30.3 Å². The average Bonchev–Trinajstić information content (AvgIpc) is 2.35. The van der Waals surface area contributed by atoms with E-state index in [1.54, 1.807) is 0 Å². The number of hydrogen-bond acceptors (Lipinski definition) is 3. The molecule has 110 valence electrons. The van der Waals surface area contributed by atoms with Crippen LogP contribution in [0.3, 0.4) is 0 Å². The van der Waals surface area contributed by atoms with Gasteiger partial charge in [0.1, 0.15) is 11.9 Å². The first-order valence-electron chi connectivity index (χ1n) is 6.88. The molecule has 0 aliphatic carbocycles. The van der Waals surface area contributed by atoms with Gasteiger partial charge in [0.05, 0.1) is 0 Å². The Labute approximate surface area is 120 Å². The molecular formula is C16H23NO3. The maximum absolute atomic E-state index is 11.7. The second-order valence-corrected chi connectivity index (χ2v) is 5.77. The van der Waals surface area contributed by atoms with Gasteiger partial charge < -0.3 is 14.8 Å². The molecule has 0 bridgehead atoms. The van der Waals surface area contributed by atoms with E-state index in [1.807, 2.05) is 51.1 Å². The van der Waals surface area contributed by atoms with E-state index in [1.165, 1.54) is 5.56 Å². The van der Waals surface area contributed by atoms with Crippen LogP contribution < -0.4 is 5.32 Å². The van der Waals surface area contributed by atoms with Crippen molar-refractivity contribution in [2.45, 2.75) is 51.7 Å². The van der Waals surface area contributed by atoms with Crippen molar-refractivity contribution in [1.29, 1.82) is 0 Å². The topological polar surface area (TPSA) is 55.4 Å². The van der Waals surface area contributed by atoms with Crippen molar-refractivity contribution in [3.8, 4) is 0 Å². The third-order valence-electron chi connectivity index (χ3n) is 2.73. The quantitative estimate of drug-likeness (QED) is 0.813. The molecule has 1 aromatic carbocycles. The smallest absolute Gasteiger partial charge is 0.407 e. The summed E-state index contributed by atoms with van der Waals surface area (Å²) in [6, 6.07) is 9.79. The van der Waals surface area contributed by atoms with E-state index >= 15 is 0 Å². The summed E-state index contributed by atoms with van der Waals surface area (Å²) >= 11 is 0. The van der Waals surface area contributed by atoms with E-state index < -0.39 is 11.7 Å². The minimum Gasteiger partial charge on any atom is -0.444 e. The zero-order chi connectivity index (χ0) is 15.0. The highest BCUT2D eigenvalue weighted by atomic mass is 16.6. The lowest BCUT2D eigenvalue weighted by Crippen LogP contribution is -2.39. The minimum absolute atomic E-state index is 0.192. The third kappa shape index (κ3) is 6.92. The molecule has 0 aliphatic rings. The number of carbonyl (C=O) groups excluding carboxylic acids is 2. The molecule has 0 radical (unpaired) electrons. The van der Waals surface area contributed by atoms with Gasteiger partial charge in [0.15, 0.2) is 0 Å². The number of benzene rings is 1. The van der Waals surface area contributed by atoms with Crippen molar-refractivity contribution in [2.24, 2.45) is 0 Å². The number of aryl methyl sites for hydroxylation is 1. The fourth-order valence-electron chi connectivity index (χ4n) is 1.82. The summed E-state index contributed by atoms with van der Waals surface area (Å²) < 4.78 is 5.20. The van der Waals surface area contributed by atoms with E-state index in [2.05, 4.69) is 5.32 Å². The maximum Gasteiger partial charge on any atom is 0.407 e. The van der Waals surface area contributed by atoms with Crippen LogP contribution in [0.4, 0.5) is 4.79 Å². The van der Waals surface area contributed by atoms with Gasteiger partial charge in [-0.15, -0.1) is 0 Å². The molecule has 1 rings (SSSR count). The molecule has 0 saturated heterocycles. The maximum atomic E-state index is 11.7. The van der Waals surface area contributed by atoms with Gasteiger partial charge in [-0.25, -0.2) is 4.79 Å². The number of amides is 1. The highest BCUT2D eigenvalue weighted by molar-refractivity contribution is 5.68. The van der Waals surface area contributed by atoms with Crippen LogP contribution in [-0.2, 0) is 16.0 Å². The van der Waals surface area contributed by atoms with Crippen LogP contribution in [0.1, 0.15) is 39.2 Å². The second kappa shape index (κ2) is 7.68. The molecule has 20 heavy (non-hydrogen) atoms. The molecule has 1 atom stereocenters. The van der Waals surface area contributed by atoms with Gasteiger partial charge >= 0.3 is 6.09 Å². The van der Waals surface area contributed by atoms with Crippen LogP contribution in [-0.4, -0.2) is 24.0 Å². The van der Waals surface area contributed by atoms with Crippen LogP contribution in [0, 0.1) is 0 Å². The number of carbonyl (C=O) groups is 2. The summed E-state index contributed by atoms with van der Waals surface area (Å²) in [5.74, 6) is 0. The van der Waals surface area contributed by atoms with Crippen molar-refractivity contribution in [1.82, 2.24) is 5.32 Å². The Morgan fingerprint density at radius 2 is 1.95 bits per heavy atom. The van der Waals surface area contributed by atoms with Gasteiger partial charge in [-0.2, -0.15) is 0 Å². The molecule has 0 aromatic heterocycles. The minimum atomic E-state index is -0.532. The van der Waals surface area contributed by atoms with E-state index in [9.17, 15) is 9.59 Å². The Bertz CT molecular complexity index is 423. The predicted molar refractivity (Wildman–Crippen MR) is 78.6 cm³/mol. The van der Waals surface area contributed by atoms with E-state index in [-0.39, 0.29) is 6.04 Å². The van der Waals surface area contributed by atoms with Crippen LogP contribution in [0.25, 0.3) is 0 Å². The third-order valence-corrected chi connectivity index (χ3v) is 2.73. The molecule has 1 N–H and O–H groups in total. The van der Waals surface area contributed by atoms with Gasteiger partial charge in [-0.1, -0.05) is 30.3 Å².